The van der Waals surface area contributed by atoms with Crippen LogP contribution in [0, 0.1) is 0 Å². The number of benzene rings is 2. The van der Waals surface area contributed by atoms with E-state index in [9.17, 15) is 0 Å². The number of halogens is 3. The molecular weight excluding hydrogens is 317 g/mol. The molecule has 3 aromatic rings. The summed E-state index contributed by atoms with van der Waals surface area (Å²) in [5, 5.41) is 1.61. The minimum atomic E-state index is 0.420. The van der Waals surface area contributed by atoms with Crippen molar-refractivity contribution in [2.45, 2.75) is 0 Å². The Bertz CT molecular complexity index is 824. The number of nitrogens with two attached hydrogens (primary N) is 1. The van der Waals surface area contributed by atoms with Crippen molar-refractivity contribution in [1.82, 2.24) is 9.55 Å². The zero-order chi connectivity index (χ0) is 14.4. The van der Waals surface area contributed by atoms with Crippen LogP contribution in [0.2, 0.25) is 15.1 Å². The van der Waals surface area contributed by atoms with Crippen molar-refractivity contribution >= 4 is 51.5 Å². The number of anilines is 1. The van der Waals surface area contributed by atoms with Gasteiger partial charge in [-0.1, -0.05) is 34.8 Å². The van der Waals surface area contributed by atoms with Crippen LogP contribution in [0.1, 0.15) is 0 Å². The van der Waals surface area contributed by atoms with Crippen LogP contribution in [0.25, 0.3) is 22.4 Å². The molecule has 0 aliphatic rings. The highest BCUT2D eigenvalue weighted by molar-refractivity contribution is 6.37. The van der Waals surface area contributed by atoms with Crippen molar-refractivity contribution in [3.8, 4) is 11.4 Å². The Labute approximate surface area is 130 Å². The second-order valence-corrected chi connectivity index (χ2v) is 5.70. The molecule has 0 fully saturated rings. The van der Waals surface area contributed by atoms with Crippen molar-refractivity contribution < 1.29 is 0 Å². The van der Waals surface area contributed by atoms with Crippen LogP contribution in [-0.2, 0) is 7.05 Å². The number of fused-ring (bicyclic) bond motifs is 1. The molecule has 0 saturated carbocycles. The van der Waals surface area contributed by atoms with Gasteiger partial charge in [0.2, 0.25) is 0 Å². The van der Waals surface area contributed by atoms with Gasteiger partial charge < -0.3 is 10.3 Å². The summed E-state index contributed by atoms with van der Waals surface area (Å²) in [5.74, 6) is 0.660. The van der Waals surface area contributed by atoms with Crippen LogP contribution < -0.4 is 5.73 Å². The smallest absolute Gasteiger partial charge is 0.144 e. The minimum Gasteiger partial charge on any atom is -0.397 e. The highest BCUT2D eigenvalue weighted by Crippen LogP contribution is 2.38. The zero-order valence-electron chi connectivity index (χ0n) is 10.5. The van der Waals surface area contributed by atoms with E-state index in [1.165, 1.54) is 0 Å². The first-order valence-corrected chi connectivity index (χ1v) is 6.98. The number of hydrogen-bond acceptors (Lipinski definition) is 2. The summed E-state index contributed by atoms with van der Waals surface area (Å²) in [5.41, 5.74) is 8.82. The average Bonchev–Trinajstić information content (AvgIpc) is 2.72. The fraction of sp³-hybridized carbons (Fsp3) is 0.0714. The zero-order valence-corrected chi connectivity index (χ0v) is 12.8. The van der Waals surface area contributed by atoms with E-state index < -0.39 is 0 Å². The van der Waals surface area contributed by atoms with Crippen molar-refractivity contribution in [3.05, 3.63) is 45.4 Å². The van der Waals surface area contributed by atoms with Gasteiger partial charge in [-0.25, -0.2) is 4.98 Å². The quantitative estimate of drug-likeness (QED) is 0.654. The normalized spacial score (nSPS) is 11.2. The molecule has 1 aromatic heterocycles. The van der Waals surface area contributed by atoms with E-state index in [2.05, 4.69) is 4.98 Å². The van der Waals surface area contributed by atoms with Crippen LogP contribution in [0.4, 0.5) is 5.69 Å². The summed E-state index contributed by atoms with van der Waals surface area (Å²) >= 11 is 18.3. The lowest BCUT2D eigenvalue weighted by atomic mass is 10.1. The van der Waals surface area contributed by atoms with E-state index in [1.807, 2.05) is 23.7 Å². The maximum absolute atomic E-state index is 6.25. The first-order chi connectivity index (χ1) is 9.49. The Morgan fingerprint density at radius 2 is 1.75 bits per heavy atom. The lowest BCUT2D eigenvalue weighted by molar-refractivity contribution is 0.960. The van der Waals surface area contributed by atoms with Gasteiger partial charge in [-0.15, -0.1) is 0 Å². The largest absolute Gasteiger partial charge is 0.397 e. The van der Waals surface area contributed by atoms with E-state index >= 15 is 0 Å². The Balaban J connectivity index is 2.36. The minimum absolute atomic E-state index is 0.420. The molecule has 0 atom stereocenters. The number of rotatable bonds is 1. The number of nitrogens with zero attached hydrogens (tertiary/aromatic N) is 2. The van der Waals surface area contributed by atoms with Crippen LogP contribution in [0.15, 0.2) is 30.3 Å². The third-order valence-corrected chi connectivity index (χ3v) is 4.09. The van der Waals surface area contributed by atoms with Gasteiger partial charge in [-0.05, 0) is 30.3 Å². The van der Waals surface area contributed by atoms with E-state index in [4.69, 9.17) is 40.5 Å². The standard InChI is InChI=1S/C14H10Cl3N3/c1-20-11-6-7(15)2-5-10(11)19-14(20)12-8(16)3-4-9(17)13(12)18/h2-6H,18H2,1H3. The summed E-state index contributed by atoms with van der Waals surface area (Å²) in [6.45, 7) is 0. The van der Waals surface area contributed by atoms with Crippen LogP contribution in [0.5, 0.6) is 0 Å². The van der Waals surface area contributed by atoms with Gasteiger partial charge in [0, 0.05) is 12.1 Å². The Morgan fingerprint density at radius 1 is 1.05 bits per heavy atom. The number of aromatic nitrogens is 2. The van der Waals surface area contributed by atoms with Crippen LogP contribution in [0.3, 0.4) is 0 Å². The second kappa shape index (κ2) is 4.85. The summed E-state index contributed by atoms with van der Waals surface area (Å²) in [6, 6.07) is 8.88. The molecule has 0 radical (unpaired) electrons. The highest BCUT2D eigenvalue weighted by Gasteiger charge is 2.17. The number of nitrogen functional groups attached to an aromatic ring is 1. The molecule has 1 heterocycles. The molecule has 3 nitrogen and oxygen atoms in total. The first kappa shape index (κ1) is 13.6. The maximum Gasteiger partial charge on any atom is 0.144 e. The average molecular weight is 327 g/mol. The van der Waals surface area contributed by atoms with Crippen LogP contribution in [-0.4, -0.2) is 9.55 Å². The second-order valence-electron chi connectivity index (χ2n) is 4.45. The molecule has 0 aliphatic heterocycles. The third kappa shape index (κ3) is 2.03. The molecule has 0 saturated heterocycles. The molecule has 20 heavy (non-hydrogen) atoms. The third-order valence-electron chi connectivity index (χ3n) is 3.21. The molecule has 102 valence electrons. The van der Waals surface area contributed by atoms with Gasteiger partial charge in [-0.3, -0.25) is 0 Å². The Hall–Kier alpha value is -1.42. The molecule has 0 unspecified atom stereocenters. The van der Waals surface area contributed by atoms with Gasteiger partial charge in [0.1, 0.15) is 5.82 Å². The molecule has 2 aromatic carbocycles. The fourth-order valence-electron chi connectivity index (χ4n) is 2.18. The van der Waals surface area contributed by atoms with Gasteiger partial charge in [-0.2, -0.15) is 0 Å². The van der Waals surface area contributed by atoms with Gasteiger partial charge >= 0.3 is 0 Å². The molecule has 6 heteroatoms. The number of aryl methyl sites for hydroxylation is 1. The van der Waals surface area contributed by atoms with Crippen molar-refractivity contribution in [3.63, 3.8) is 0 Å². The van der Waals surface area contributed by atoms with E-state index in [0.29, 0.717) is 32.1 Å². The Morgan fingerprint density at radius 3 is 2.50 bits per heavy atom. The van der Waals surface area contributed by atoms with Crippen molar-refractivity contribution in [2.75, 3.05) is 5.73 Å². The molecule has 0 aliphatic carbocycles. The molecule has 2 N–H and O–H groups in total. The summed E-state index contributed by atoms with van der Waals surface area (Å²) in [4.78, 5) is 4.57. The topological polar surface area (TPSA) is 43.8 Å². The van der Waals surface area contributed by atoms with Crippen LogP contribution >= 0.6 is 34.8 Å². The fourth-order valence-corrected chi connectivity index (χ4v) is 2.75. The van der Waals surface area contributed by atoms with Gasteiger partial charge in [0.05, 0.1) is 32.3 Å². The van der Waals surface area contributed by atoms with Gasteiger partial charge in [0.15, 0.2) is 0 Å². The number of hydrogen-bond donors (Lipinski definition) is 1. The van der Waals surface area contributed by atoms with E-state index in [1.54, 1.807) is 18.2 Å². The van der Waals surface area contributed by atoms with E-state index in [0.717, 1.165) is 11.0 Å². The van der Waals surface area contributed by atoms with Crippen molar-refractivity contribution in [2.24, 2.45) is 7.05 Å². The maximum atomic E-state index is 6.25. The predicted octanol–water partition coefficient (Wildman–Crippen LogP) is 4.78. The summed E-state index contributed by atoms with van der Waals surface area (Å²) in [6.07, 6.45) is 0. The van der Waals surface area contributed by atoms with Crippen molar-refractivity contribution in [1.29, 1.82) is 0 Å². The lowest BCUT2D eigenvalue weighted by Gasteiger charge is -2.09. The Kier molecular flexibility index (Phi) is 3.28. The molecular formula is C14H10Cl3N3. The van der Waals surface area contributed by atoms with Gasteiger partial charge in [0.25, 0.3) is 0 Å². The predicted molar refractivity (Wildman–Crippen MR) is 85.6 cm³/mol. The molecule has 3 rings (SSSR count). The molecule has 0 amide bonds. The summed E-state index contributed by atoms with van der Waals surface area (Å²) in [7, 11) is 1.89. The molecule has 0 spiro atoms. The first-order valence-electron chi connectivity index (χ1n) is 5.85. The van der Waals surface area contributed by atoms with E-state index in [-0.39, 0.29) is 0 Å². The lowest BCUT2D eigenvalue weighted by Crippen LogP contribution is -1.98. The SMILES string of the molecule is Cn1c(-c2c(Cl)ccc(Cl)c2N)nc2ccc(Cl)cc21. The molecule has 0 bridgehead atoms. The number of imidazole rings is 1. The monoisotopic (exact) mass is 325 g/mol. The summed E-state index contributed by atoms with van der Waals surface area (Å²) < 4.78 is 1.90. The highest BCUT2D eigenvalue weighted by atomic mass is 35.5.